The Morgan fingerprint density at radius 1 is 0.806 bits per heavy atom. The van der Waals surface area contributed by atoms with Gasteiger partial charge >= 0.3 is 6.03 Å². The molecule has 1 unspecified atom stereocenters. The number of nitrogens with one attached hydrogen (secondary N) is 3. The number of carbonyl (C=O) groups is 1. The molecule has 7 heterocycles. The van der Waals surface area contributed by atoms with E-state index in [1.807, 2.05) is 73.7 Å². The van der Waals surface area contributed by atoms with Gasteiger partial charge in [0.05, 0.1) is 34.0 Å². The van der Waals surface area contributed by atoms with E-state index >= 15 is 0 Å². The number of benzene rings is 2. The largest absolute Gasteiger partial charge is 0.611 e. The first-order chi connectivity index (χ1) is 30.0. The molecular formula is C47H38Cl2N8O4S. The van der Waals surface area contributed by atoms with Crippen LogP contribution in [0, 0.1) is 6.92 Å². The summed E-state index contributed by atoms with van der Waals surface area (Å²) in [5.74, 6) is 0.305. The summed E-state index contributed by atoms with van der Waals surface area (Å²) in [6, 6.07) is 27.6. The molecule has 0 aliphatic carbocycles. The van der Waals surface area contributed by atoms with Crippen LogP contribution in [0.1, 0.15) is 36.7 Å². The molecule has 1 aliphatic heterocycles. The van der Waals surface area contributed by atoms with Gasteiger partial charge in [-0.2, -0.15) is 0 Å². The van der Waals surface area contributed by atoms with Crippen LogP contribution in [0.3, 0.4) is 0 Å². The molecule has 12 nitrogen and oxygen atoms in total. The van der Waals surface area contributed by atoms with Crippen LogP contribution in [0.4, 0.5) is 10.5 Å². The Bertz CT molecular complexity index is 3140. The van der Waals surface area contributed by atoms with E-state index in [2.05, 4.69) is 25.3 Å². The van der Waals surface area contributed by atoms with E-state index in [1.54, 1.807) is 30.0 Å². The van der Waals surface area contributed by atoms with Crippen LogP contribution in [0.2, 0.25) is 10.3 Å². The van der Waals surface area contributed by atoms with Crippen LogP contribution in [0.25, 0.3) is 66.8 Å². The molecule has 310 valence electrons. The fourth-order valence-electron chi connectivity index (χ4n) is 7.98. The average Bonchev–Trinajstić information content (AvgIpc) is 3.82. The predicted molar refractivity (Wildman–Crippen MR) is 246 cm³/mol. The van der Waals surface area contributed by atoms with Gasteiger partial charge < -0.3 is 24.7 Å². The van der Waals surface area contributed by atoms with Crippen LogP contribution in [0.5, 0.6) is 0 Å². The molecular weight excluding hydrogens is 844 g/mol. The minimum absolute atomic E-state index is 0.194. The number of urea groups is 1. The number of aromatic nitrogens is 6. The minimum atomic E-state index is -1.47. The highest BCUT2D eigenvalue weighted by molar-refractivity contribution is 7.91. The van der Waals surface area contributed by atoms with Crippen LogP contribution in [-0.2, 0) is 17.6 Å². The average molecular weight is 882 g/mol. The summed E-state index contributed by atoms with van der Waals surface area (Å²) in [7, 11) is 0. The lowest BCUT2D eigenvalue weighted by Crippen LogP contribution is -2.32. The Labute approximate surface area is 368 Å². The number of aryl methyl sites for hydroxylation is 1. The number of pyridine rings is 6. The summed E-state index contributed by atoms with van der Waals surface area (Å²) < 4.78 is 12.8. The lowest BCUT2D eigenvalue weighted by Gasteiger charge is -2.21. The van der Waals surface area contributed by atoms with Crippen LogP contribution >= 0.6 is 23.2 Å². The third kappa shape index (κ3) is 8.07. The van der Waals surface area contributed by atoms with Gasteiger partial charge in [-0.1, -0.05) is 77.8 Å². The van der Waals surface area contributed by atoms with Crippen molar-refractivity contribution >= 4 is 68.2 Å². The van der Waals surface area contributed by atoms with Gasteiger partial charge in [-0.3, -0.25) is 9.59 Å². The Morgan fingerprint density at radius 2 is 1.52 bits per heavy atom. The van der Waals surface area contributed by atoms with E-state index < -0.39 is 11.2 Å². The van der Waals surface area contributed by atoms with Gasteiger partial charge in [-0.25, -0.2) is 24.7 Å². The number of H-pyrrole nitrogens is 2. The Hall–Kier alpha value is -6.38. The van der Waals surface area contributed by atoms with Crippen molar-refractivity contribution in [2.45, 2.75) is 38.0 Å². The lowest BCUT2D eigenvalue weighted by molar-refractivity contribution is 0.222. The van der Waals surface area contributed by atoms with Crippen molar-refractivity contribution in [1.82, 2.24) is 34.8 Å². The summed E-state index contributed by atoms with van der Waals surface area (Å²) in [6.07, 6.45) is 5.23. The molecule has 1 atom stereocenters. The summed E-state index contributed by atoms with van der Waals surface area (Å²) in [5, 5.41) is 4.18. The van der Waals surface area contributed by atoms with Crippen LogP contribution in [-0.4, -0.2) is 64.2 Å². The fourth-order valence-corrected chi connectivity index (χ4v) is 9.27. The molecule has 6 aromatic heterocycles. The number of anilines is 1. The fraction of sp³-hybridized carbons (Fsp3) is 0.170. The Kier molecular flexibility index (Phi) is 11.4. The maximum atomic E-state index is 13.7. The van der Waals surface area contributed by atoms with Crippen molar-refractivity contribution in [3.8, 4) is 44.8 Å². The van der Waals surface area contributed by atoms with E-state index in [0.717, 1.165) is 29.5 Å². The second-order valence-corrected chi connectivity index (χ2v) is 17.5. The van der Waals surface area contributed by atoms with Gasteiger partial charge in [-0.15, -0.1) is 0 Å². The molecule has 9 rings (SSSR count). The Balaban J connectivity index is 1.13. The summed E-state index contributed by atoms with van der Waals surface area (Å²) in [4.78, 5) is 68.0. The van der Waals surface area contributed by atoms with Crippen molar-refractivity contribution in [2.24, 2.45) is 0 Å². The zero-order chi connectivity index (χ0) is 43.1. The molecule has 2 aromatic carbocycles. The molecule has 62 heavy (non-hydrogen) atoms. The minimum Gasteiger partial charge on any atom is -0.611 e. The molecule has 0 spiro atoms. The topological polar surface area (TPSA) is 173 Å². The number of halogens is 2. The van der Waals surface area contributed by atoms with Crippen LogP contribution < -0.4 is 16.2 Å². The number of amides is 2. The first-order valence-corrected chi connectivity index (χ1v) is 22.1. The molecule has 3 N–H and O–H groups in total. The van der Waals surface area contributed by atoms with Crippen molar-refractivity contribution in [1.29, 1.82) is 0 Å². The van der Waals surface area contributed by atoms with E-state index in [1.165, 1.54) is 18.5 Å². The molecule has 2 amide bonds. The summed E-state index contributed by atoms with van der Waals surface area (Å²) in [5.41, 5.74) is 7.91. The summed E-state index contributed by atoms with van der Waals surface area (Å²) >= 11 is 11.8. The SMILES string of the molecule is CC[S+]([O-])c1c[nH]c2nc(-c3ccccc3)c(-c3cc(Cl)nc(Cc4ccc(-c5nc6[nH]ccc(=O)c6c(NC(=O)N6CCCC6)c5-c5cc(C)nc(Cl)c5)cc4)c3)cc2c1=O. The van der Waals surface area contributed by atoms with Crippen molar-refractivity contribution in [3.05, 3.63) is 151 Å². The standard InChI is InChI=1S/C47H38Cl2N8O4S/c1-3-62(61)36-25-51-45-34(44(36)59)24-33(41(54-45)28-9-5-4-6-10-28)30-21-32(53-38(49)22-30)20-27-11-13-29(14-12-27)42-39(31-19-26(2)52-37(48)23-31)43(56-47(60)57-17-7-8-18-57)40-35(58)15-16-50-46(40)55-42/h4-6,9-16,19,21-25H,3,7-8,17-18,20H2,1-2H3,(H,51,54,59)(H2,50,55,56,58,60). The second-order valence-electron chi connectivity index (χ2n) is 15.0. The number of hydrogen-bond donors (Lipinski definition) is 3. The van der Waals surface area contributed by atoms with Gasteiger partial charge in [0.25, 0.3) is 0 Å². The molecule has 8 aromatic rings. The molecule has 0 radical (unpaired) electrons. The van der Waals surface area contributed by atoms with E-state index in [0.29, 0.717) is 92.7 Å². The van der Waals surface area contributed by atoms with Gasteiger partial charge in [0.1, 0.15) is 27.4 Å². The number of rotatable bonds is 9. The van der Waals surface area contributed by atoms with Gasteiger partial charge in [0, 0.05) is 65.4 Å². The first kappa shape index (κ1) is 41.0. The lowest BCUT2D eigenvalue weighted by atomic mass is 9.94. The number of aromatic amines is 2. The van der Waals surface area contributed by atoms with Gasteiger partial charge in [0.15, 0.2) is 5.43 Å². The monoisotopic (exact) mass is 880 g/mol. The van der Waals surface area contributed by atoms with Crippen molar-refractivity contribution in [2.75, 3.05) is 24.2 Å². The predicted octanol–water partition coefficient (Wildman–Crippen LogP) is 9.58. The quantitative estimate of drug-likeness (QED) is 0.0950. The number of nitrogens with zero attached hydrogens (tertiary/aromatic N) is 5. The second kappa shape index (κ2) is 17.2. The number of hydrogen-bond acceptors (Lipinski definition) is 8. The third-order valence-electron chi connectivity index (χ3n) is 10.9. The maximum Gasteiger partial charge on any atom is 0.321 e. The highest BCUT2D eigenvalue weighted by atomic mass is 35.5. The molecule has 1 aliphatic rings. The van der Waals surface area contributed by atoms with E-state index in [9.17, 15) is 18.9 Å². The number of likely N-dealkylation sites (tertiary alicyclic amines) is 1. The highest BCUT2D eigenvalue weighted by Gasteiger charge is 2.26. The first-order valence-electron chi connectivity index (χ1n) is 20.1. The zero-order valence-electron chi connectivity index (χ0n) is 33.6. The normalized spacial score (nSPS) is 13.2. The van der Waals surface area contributed by atoms with Gasteiger partial charge in [0.2, 0.25) is 10.3 Å². The zero-order valence-corrected chi connectivity index (χ0v) is 35.9. The summed E-state index contributed by atoms with van der Waals surface area (Å²) in [6.45, 7) is 4.83. The Morgan fingerprint density at radius 3 is 2.26 bits per heavy atom. The van der Waals surface area contributed by atoms with E-state index in [4.69, 9.17) is 33.2 Å². The molecule has 15 heteroatoms. The number of carbonyl (C=O) groups excluding carboxylic acids is 1. The molecule has 0 bridgehead atoms. The third-order valence-corrected chi connectivity index (χ3v) is 12.6. The maximum absolute atomic E-state index is 13.7. The van der Waals surface area contributed by atoms with Crippen molar-refractivity contribution in [3.63, 3.8) is 0 Å². The number of fused-ring (bicyclic) bond motifs is 2. The van der Waals surface area contributed by atoms with Crippen LogP contribution in [0.15, 0.2) is 118 Å². The van der Waals surface area contributed by atoms with E-state index in [-0.39, 0.29) is 37.5 Å². The molecule has 1 fully saturated rings. The van der Waals surface area contributed by atoms with Crippen molar-refractivity contribution < 1.29 is 9.35 Å². The smallest absolute Gasteiger partial charge is 0.321 e. The molecule has 0 saturated carbocycles. The van der Waals surface area contributed by atoms with Gasteiger partial charge in [-0.05, 0) is 84.9 Å². The molecule has 1 saturated heterocycles. The highest BCUT2D eigenvalue weighted by Crippen LogP contribution is 2.41.